The molecule has 0 spiro atoms. The van der Waals surface area contributed by atoms with Crippen LogP contribution in [0.2, 0.25) is 0 Å². The summed E-state index contributed by atoms with van der Waals surface area (Å²) in [5, 5.41) is 8.71. The van der Waals surface area contributed by atoms with Gasteiger partial charge in [-0.2, -0.15) is 13.2 Å². The summed E-state index contributed by atoms with van der Waals surface area (Å²) in [4.78, 5) is 24.3. The molecule has 0 saturated carbocycles. The summed E-state index contributed by atoms with van der Waals surface area (Å²) in [6.45, 7) is 1.39. The van der Waals surface area contributed by atoms with E-state index in [4.69, 9.17) is 14.3 Å². The van der Waals surface area contributed by atoms with Crippen LogP contribution in [-0.2, 0) is 22.5 Å². The number of carboxylic acids is 1. The third kappa shape index (κ3) is 7.70. The monoisotopic (exact) mass is 572 g/mol. The lowest BCUT2D eigenvalue weighted by Gasteiger charge is -2.09. The molecule has 202 valence electrons. The van der Waals surface area contributed by atoms with Crippen LogP contribution in [0.3, 0.4) is 0 Å². The molecule has 0 aliphatic carbocycles. The predicted molar refractivity (Wildman–Crippen MR) is 145 cm³/mol. The highest BCUT2D eigenvalue weighted by Gasteiger charge is 2.30. The molecule has 0 amide bonds. The first-order valence-corrected chi connectivity index (χ1v) is 13.7. The summed E-state index contributed by atoms with van der Waals surface area (Å²) in [6, 6.07) is 20.8. The number of hydrogen-bond acceptors (Lipinski definition) is 6. The normalized spacial score (nSPS) is 11.4. The van der Waals surface area contributed by atoms with E-state index in [1.165, 1.54) is 23.9 Å². The number of hydrogen-bond donors (Lipinski definition) is 1. The van der Waals surface area contributed by atoms with Crippen molar-refractivity contribution in [2.75, 3.05) is 6.61 Å². The Kier molecular flexibility index (Phi) is 9.08. The Morgan fingerprint density at radius 3 is 2.31 bits per heavy atom. The van der Waals surface area contributed by atoms with E-state index < -0.39 is 24.3 Å². The molecule has 1 N–H and O–H groups in total. The maximum absolute atomic E-state index is 13.0. The first-order chi connectivity index (χ1) is 18.6. The van der Waals surface area contributed by atoms with Crippen LogP contribution in [0, 0.1) is 6.92 Å². The van der Waals surface area contributed by atoms with Gasteiger partial charge in [-0.3, -0.25) is 4.79 Å². The standard InChI is InChI=1S/C29H23F3O5S2/c1-18-13-23(11-12-24(18)36-15-27(33)34)38-16-21-14-25(19-7-9-22(10-8-19)29(30,31)32)37-26(21)17-39-28(35)20-5-3-2-4-6-20/h2-14H,15-17H2,1H3,(H,33,34). The van der Waals surface area contributed by atoms with Gasteiger partial charge in [0.05, 0.1) is 11.3 Å². The maximum atomic E-state index is 13.0. The molecule has 0 radical (unpaired) electrons. The summed E-state index contributed by atoms with van der Waals surface area (Å²) >= 11 is 2.59. The second kappa shape index (κ2) is 12.5. The molecule has 1 heterocycles. The number of aliphatic carboxylic acids is 1. The molecule has 4 rings (SSSR count). The van der Waals surface area contributed by atoms with E-state index in [1.807, 2.05) is 25.1 Å². The number of halogens is 3. The molecule has 5 nitrogen and oxygen atoms in total. The first kappa shape index (κ1) is 28.4. The molecular weight excluding hydrogens is 549 g/mol. The van der Waals surface area contributed by atoms with Gasteiger partial charge in [0.15, 0.2) is 6.61 Å². The number of furan rings is 1. The highest BCUT2D eigenvalue weighted by Crippen LogP contribution is 2.36. The van der Waals surface area contributed by atoms with Crippen molar-refractivity contribution in [2.45, 2.75) is 29.5 Å². The van der Waals surface area contributed by atoms with Crippen LogP contribution in [0.15, 0.2) is 88.2 Å². The topological polar surface area (TPSA) is 76.7 Å². The Bertz CT molecular complexity index is 1450. The van der Waals surface area contributed by atoms with Crippen LogP contribution >= 0.6 is 23.5 Å². The summed E-state index contributed by atoms with van der Waals surface area (Å²) < 4.78 is 50.3. The second-order valence-corrected chi connectivity index (χ2v) is 10.5. The average molecular weight is 573 g/mol. The molecule has 1 aromatic heterocycles. The van der Waals surface area contributed by atoms with Crippen LogP contribution in [0.25, 0.3) is 11.3 Å². The number of benzene rings is 3. The minimum Gasteiger partial charge on any atom is -0.482 e. The number of carbonyl (C=O) groups is 2. The third-order valence-corrected chi connectivity index (χ3v) is 7.58. The van der Waals surface area contributed by atoms with Crippen LogP contribution in [0.1, 0.15) is 32.8 Å². The number of carbonyl (C=O) groups excluding carboxylic acids is 1. The zero-order valence-corrected chi connectivity index (χ0v) is 22.3. The van der Waals surface area contributed by atoms with Crippen molar-refractivity contribution in [1.29, 1.82) is 0 Å². The fraction of sp³-hybridized carbons (Fsp3) is 0.172. The van der Waals surface area contributed by atoms with Gasteiger partial charge in [0.1, 0.15) is 17.3 Å². The van der Waals surface area contributed by atoms with Gasteiger partial charge < -0.3 is 14.3 Å². The quantitative estimate of drug-likeness (QED) is 0.192. The van der Waals surface area contributed by atoms with Gasteiger partial charge in [-0.25, -0.2) is 4.79 Å². The smallest absolute Gasteiger partial charge is 0.416 e. The maximum Gasteiger partial charge on any atom is 0.416 e. The third-order valence-electron chi connectivity index (χ3n) is 5.63. The Hall–Kier alpha value is -3.63. The van der Waals surface area contributed by atoms with Crippen molar-refractivity contribution >= 4 is 34.6 Å². The Labute approximate surface area is 231 Å². The van der Waals surface area contributed by atoms with Crippen molar-refractivity contribution in [1.82, 2.24) is 0 Å². The first-order valence-electron chi connectivity index (χ1n) is 11.7. The molecule has 0 bridgehead atoms. The van der Waals surface area contributed by atoms with Gasteiger partial charge in [0.2, 0.25) is 5.12 Å². The summed E-state index contributed by atoms with van der Waals surface area (Å²) in [5.41, 5.74) is 1.91. The van der Waals surface area contributed by atoms with Crippen molar-refractivity contribution < 1.29 is 37.0 Å². The minimum absolute atomic E-state index is 0.116. The van der Waals surface area contributed by atoms with Gasteiger partial charge in [-0.15, -0.1) is 11.8 Å². The van der Waals surface area contributed by atoms with Gasteiger partial charge >= 0.3 is 12.1 Å². The van der Waals surface area contributed by atoms with E-state index in [9.17, 15) is 22.8 Å². The number of ether oxygens (including phenoxy) is 1. The van der Waals surface area contributed by atoms with E-state index >= 15 is 0 Å². The van der Waals surface area contributed by atoms with E-state index in [2.05, 4.69) is 0 Å². The molecule has 3 aromatic carbocycles. The van der Waals surface area contributed by atoms with Gasteiger partial charge in [0, 0.05) is 27.3 Å². The molecular formula is C29H23F3O5S2. The van der Waals surface area contributed by atoms with Gasteiger partial charge in [-0.05, 0) is 48.9 Å². The molecule has 0 fully saturated rings. The van der Waals surface area contributed by atoms with Crippen LogP contribution < -0.4 is 4.74 Å². The molecule has 4 aromatic rings. The fourth-order valence-corrected chi connectivity index (χ4v) is 5.44. The highest BCUT2D eigenvalue weighted by atomic mass is 32.2. The number of carboxylic acid groups (broad SMARTS) is 1. The summed E-state index contributed by atoms with van der Waals surface area (Å²) in [7, 11) is 0. The number of rotatable bonds is 10. The predicted octanol–water partition coefficient (Wildman–Crippen LogP) is 8.10. The van der Waals surface area contributed by atoms with E-state index in [1.54, 1.807) is 36.4 Å². The molecule has 39 heavy (non-hydrogen) atoms. The molecule has 0 aliphatic heterocycles. The zero-order chi connectivity index (χ0) is 28.0. The van der Waals surface area contributed by atoms with Crippen molar-refractivity contribution in [2.24, 2.45) is 0 Å². The van der Waals surface area contributed by atoms with Gasteiger partial charge in [0.25, 0.3) is 0 Å². The van der Waals surface area contributed by atoms with Crippen molar-refractivity contribution in [3.63, 3.8) is 0 Å². The number of aryl methyl sites for hydroxylation is 1. The summed E-state index contributed by atoms with van der Waals surface area (Å²) in [5.74, 6) is 1.12. The van der Waals surface area contributed by atoms with E-state index in [0.29, 0.717) is 34.1 Å². The van der Waals surface area contributed by atoms with Crippen LogP contribution in [-0.4, -0.2) is 22.8 Å². The number of thioether (sulfide) groups is 2. The van der Waals surface area contributed by atoms with E-state index in [-0.39, 0.29) is 10.9 Å². The SMILES string of the molecule is Cc1cc(SCc2cc(-c3ccc(C(F)(F)F)cc3)oc2CSC(=O)c2ccccc2)ccc1OCC(=O)O. The lowest BCUT2D eigenvalue weighted by atomic mass is 10.1. The molecule has 0 unspecified atom stereocenters. The fourth-order valence-electron chi connectivity index (χ4n) is 3.64. The number of alkyl halides is 3. The molecule has 0 saturated heterocycles. The lowest BCUT2D eigenvalue weighted by Crippen LogP contribution is -2.09. The van der Waals surface area contributed by atoms with Gasteiger partial charge in [-0.1, -0.05) is 54.2 Å². The molecule has 10 heteroatoms. The Morgan fingerprint density at radius 1 is 0.949 bits per heavy atom. The van der Waals surface area contributed by atoms with Crippen molar-refractivity contribution in [3.8, 4) is 17.1 Å². The van der Waals surface area contributed by atoms with E-state index in [0.717, 1.165) is 39.9 Å². The highest BCUT2D eigenvalue weighted by molar-refractivity contribution is 8.13. The summed E-state index contributed by atoms with van der Waals surface area (Å²) in [6.07, 6.45) is -4.44. The molecule has 0 aliphatic rings. The largest absolute Gasteiger partial charge is 0.482 e. The second-order valence-electron chi connectivity index (χ2n) is 8.47. The zero-order valence-electron chi connectivity index (χ0n) is 20.7. The lowest BCUT2D eigenvalue weighted by molar-refractivity contribution is -0.139. The average Bonchev–Trinajstić information content (AvgIpc) is 3.33. The van der Waals surface area contributed by atoms with Crippen LogP contribution in [0.5, 0.6) is 5.75 Å². The van der Waals surface area contributed by atoms with Crippen LogP contribution in [0.4, 0.5) is 13.2 Å². The molecule has 0 atom stereocenters. The van der Waals surface area contributed by atoms with Crippen molar-refractivity contribution in [3.05, 3.63) is 107 Å². The Balaban J connectivity index is 1.54. The minimum atomic E-state index is -4.44. The Morgan fingerprint density at radius 2 is 1.67 bits per heavy atom.